The summed E-state index contributed by atoms with van der Waals surface area (Å²) in [4.78, 5) is 28.2. The molecule has 1 aromatic carbocycles. The molecule has 1 aromatic rings. The molecule has 0 radical (unpaired) electrons. The van der Waals surface area contributed by atoms with E-state index in [-0.39, 0.29) is 31.1 Å². The highest BCUT2D eigenvalue weighted by atomic mass is 19.4. The van der Waals surface area contributed by atoms with Crippen LogP contribution in [0.3, 0.4) is 0 Å². The van der Waals surface area contributed by atoms with Gasteiger partial charge in [0.1, 0.15) is 5.60 Å². The van der Waals surface area contributed by atoms with Gasteiger partial charge in [0.15, 0.2) is 5.78 Å². The number of allylic oxidation sites excluding steroid dienone is 4. The van der Waals surface area contributed by atoms with E-state index < -0.39 is 47.5 Å². The number of carbonyl (C=O) groups excluding carboxylic acids is 2. The lowest BCUT2D eigenvalue weighted by Crippen LogP contribution is -2.66. The highest BCUT2D eigenvalue weighted by Gasteiger charge is 2.80. The third-order valence-corrected chi connectivity index (χ3v) is 10.00. The summed E-state index contributed by atoms with van der Waals surface area (Å²) < 4.78 is 82.8. The fraction of sp³-hybridized carbons (Fsp3) is 0.581. The van der Waals surface area contributed by atoms with Crippen LogP contribution in [-0.2, 0) is 19.1 Å². The summed E-state index contributed by atoms with van der Waals surface area (Å²) in [5.41, 5.74) is 0.187. The Labute approximate surface area is 240 Å². The van der Waals surface area contributed by atoms with Gasteiger partial charge in [0.05, 0.1) is 12.8 Å². The van der Waals surface area contributed by atoms with Crippen molar-refractivity contribution in [1.82, 2.24) is 0 Å². The van der Waals surface area contributed by atoms with Crippen molar-refractivity contribution in [2.24, 2.45) is 22.4 Å². The van der Waals surface area contributed by atoms with Gasteiger partial charge in [-0.05, 0) is 85.6 Å². The van der Waals surface area contributed by atoms with Crippen LogP contribution in [0.4, 0.5) is 26.7 Å². The van der Waals surface area contributed by atoms with Gasteiger partial charge < -0.3 is 9.47 Å². The van der Waals surface area contributed by atoms with Crippen molar-refractivity contribution in [3.05, 3.63) is 58.2 Å². The van der Waals surface area contributed by atoms with Crippen LogP contribution >= 0.6 is 0 Å². The van der Waals surface area contributed by atoms with Crippen molar-refractivity contribution in [2.45, 2.75) is 82.4 Å². The fourth-order valence-corrected chi connectivity index (χ4v) is 8.24. The maximum atomic E-state index is 15.5. The zero-order chi connectivity index (χ0) is 30.5. The molecule has 0 N–H and O–H groups in total. The topological polar surface area (TPSA) is 74.2 Å². The number of nitrogens with zero attached hydrogens (tertiary/aromatic N) is 1. The van der Waals surface area contributed by atoms with Gasteiger partial charge in [-0.1, -0.05) is 41.9 Å². The van der Waals surface area contributed by atoms with E-state index in [0.29, 0.717) is 31.2 Å². The molecule has 0 spiro atoms. The number of fused-ring (bicyclic) bond motifs is 4. The number of ether oxygens (including phenoxy) is 2. The van der Waals surface area contributed by atoms with Gasteiger partial charge in [-0.25, -0.2) is 4.79 Å². The van der Waals surface area contributed by atoms with Gasteiger partial charge in [0.25, 0.3) is 0 Å². The molecule has 5 rings (SSSR count). The lowest BCUT2D eigenvalue weighted by atomic mass is 9.50. The summed E-state index contributed by atoms with van der Waals surface area (Å²) >= 11 is 0. The smallest absolute Gasteiger partial charge is 0.433 e. The summed E-state index contributed by atoms with van der Waals surface area (Å²) in [5.74, 6) is -6.11. The van der Waals surface area contributed by atoms with Crippen LogP contribution < -0.4 is 0 Å². The summed E-state index contributed by atoms with van der Waals surface area (Å²) in [5, 5.41) is 3.61. The van der Waals surface area contributed by atoms with E-state index >= 15 is 8.78 Å². The van der Waals surface area contributed by atoms with Gasteiger partial charge in [0, 0.05) is 24.9 Å². The van der Waals surface area contributed by atoms with Crippen molar-refractivity contribution in [2.75, 3.05) is 13.7 Å². The van der Waals surface area contributed by atoms with Crippen LogP contribution in [0, 0.1) is 17.3 Å². The molecule has 2 saturated carbocycles. The second kappa shape index (κ2) is 10.9. The van der Waals surface area contributed by atoms with Crippen LogP contribution in [0.1, 0.15) is 75.8 Å². The third-order valence-electron chi connectivity index (χ3n) is 10.00. The largest absolute Gasteiger partial charge is 0.535 e. The summed E-state index contributed by atoms with van der Waals surface area (Å²) in [6, 6.07) is 7.02. The number of halogens is 5. The molecule has 0 bridgehead atoms. The Morgan fingerprint density at radius 2 is 1.81 bits per heavy atom. The van der Waals surface area contributed by atoms with E-state index in [1.165, 1.54) is 6.21 Å². The quantitative estimate of drug-likeness (QED) is 0.111. The first kappa shape index (κ1) is 30.4. The van der Waals surface area contributed by atoms with Gasteiger partial charge in [-0.3, -0.25) is 9.63 Å². The van der Waals surface area contributed by atoms with E-state index in [4.69, 9.17) is 4.74 Å². The number of ketones is 1. The molecule has 0 heterocycles. The second-order valence-corrected chi connectivity index (χ2v) is 11.8. The Kier molecular flexibility index (Phi) is 7.87. The van der Waals surface area contributed by atoms with Crippen LogP contribution in [-0.4, -0.2) is 49.6 Å². The molecule has 0 amide bonds. The zero-order valence-corrected chi connectivity index (χ0v) is 23.7. The Bertz CT molecular complexity index is 1330. The third kappa shape index (κ3) is 4.68. The van der Waals surface area contributed by atoms with Gasteiger partial charge in [0.2, 0.25) is 0 Å². The van der Waals surface area contributed by atoms with Gasteiger partial charge in [-0.2, -0.15) is 22.0 Å². The lowest BCUT2D eigenvalue weighted by molar-refractivity contribution is -0.367. The van der Waals surface area contributed by atoms with E-state index in [0.717, 1.165) is 29.4 Å². The molecule has 6 nitrogen and oxygen atoms in total. The Balaban J connectivity index is 1.59. The molecular formula is C31H34F5NO5. The van der Waals surface area contributed by atoms with Crippen molar-refractivity contribution in [1.29, 1.82) is 0 Å². The predicted octanol–water partition coefficient (Wildman–Crippen LogP) is 7.68. The van der Waals surface area contributed by atoms with Crippen molar-refractivity contribution < 1.29 is 45.9 Å². The average molecular weight is 596 g/mol. The maximum Gasteiger partial charge on any atom is 0.535 e. The van der Waals surface area contributed by atoms with Gasteiger partial charge >= 0.3 is 18.3 Å². The molecule has 42 heavy (non-hydrogen) atoms. The fourth-order valence-electron chi connectivity index (χ4n) is 8.24. The standard InChI is InChI=1S/C31H34F5NO5/c1-4-41-27(39)42-37-17-18-5-7-19(8-6-18)24-16-28(2)25(13-14-29(28,40-3)30(32,33)31(34,35)36)23-11-9-20-15-21(38)10-12-22(20)26(23)24/h5-8,15,17,23-25H,4,9-14,16H2,1-3H3/b37-17+/t23?,24-,25?,28+,29+/m1/s1. The molecule has 0 aliphatic heterocycles. The number of carbonyl (C=O) groups is 2. The molecule has 228 valence electrons. The number of hydrogen-bond acceptors (Lipinski definition) is 6. The van der Waals surface area contributed by atoms with E-state index in [9.17, 15) is 22.8 Å². The summed E-state index contributed by atoms with van der Waals surface area (Å²) in [6.45, 7) is 3.31. The van der Waals surface area contributed by atoms with Crippen LogP contribution in [0.2, 0.25) is 0 Å². The second-order valence-electron chi connectivity index (χ2n) is 11.8. The summed E-state index contributed by atoms with van der Waals surface area (Å²) in [7, 11) is 0.969. The number of hydrogen-bond donors (Lipinski definition) is 0. The number of alkyl halides is 5. The lowest BCUT2D eigenvalue weighted by Gasteiger charge is -2.57. The first-order chi connectivity index (χ1) is 19.8. The normalized spacial score (nSPS) is 31.4. The SMILES string of the molecule is CCOC(=O)O/N=C/c1ccc([C@H]2C[C@@]3(C)C(CC[C@@]3(OC)C(F)(F)C(F)(F)F)C3CCC4=CC(=O)CCC4=C32)cc1. The van der Waals surface area contributed by atoms with Crippen LogP contribution in [0.5, 0.6) is 0 Å². The first-order valence-corrected chi connectivity index (χ1v) is 14.2. The zero-order valence-electron chi connectivity index (χ0n) is 23.7. The highest BCUT2D eigenvalue weighted by Crippen LogP contribution is 2.71. The molecule has 5 atom stereocenters. The summed E-state index contributed by atoms with van der Waals surface area (Å²) in [6.07, 6.45) is -1.89. The van der Waals surface area contributed by atoms with Gasteiger partial charge in [-0.15, -0.1) is 0 Å². The molecule has 0 aromatic heterocycles. The van der Waals surface area contributed by atoms with E-state index in [1.807, 2.05) is 0 Å². The minimum Gasteiger partial charge on any atom is -0.433 e. The predicted molar refractivity (Wildman–Crippen MR) is 143 cm³/mol. The van der Waals surface area contributed by atoms with Crippen molar-refractivity contribution in [3.63, 3.8) is 0 Å². The highest BCUT2D eigenvalue weighted by molar-refractivity contribution is 5.93. The van der Waals surface area contributed by atoms with Crippen molar-refractivity contribution >= 4 is 18.2 Å². The van der Waals surface area contributed by atoms with Crippen molar-refractivity contribution in [3.8, 4) is 0 Å². The number of benzene rings is 1. The Hall–Kier alpha value is -3.08. The average Bonchev–Trinajstić information content (AvgIpc) is 3.25. The molecule has 11 heteroatoms. The maximum absolute atomic E-state index is 15.5. The van der Waals surface area contributed by atoms with E-state index in [2.05, 4.69) is 14.7 Å². The van der Waals surface area contributed by atoms with E-state index in [1.54, 1.807) is 44.2 Å². The minimum absolute atomic E-state index is 0.0349. The number of oxime groups is 1. The first-order valence-electron chi connectivity index (χ1n) is 14.2. The number of methoxy groups -OCH3 is 1. The molecule has 2 unspecified atom stereocenters. The Morgan fingerprint density at radius 1 is 1.10 bits per heavy atom. The molecule has 4 aliphatic rings. The minimum atomic E-state index is -5.77. The van der Waals surface area contributed by atoms with Crippen LogP contribution in [0.25, 0.3) is 0 Å². The Morgan fingerprint density at radius 3 is 2.45 bits per heavy atom. The monoisotopic (exact) mass is 595 g/mol. The molecule has 2 fully saturated rings. The molecule has 4 aliphatic carbocycles. The number of rotatable bonds is 6. The molecular weight excluding hydrogens is 561 g/mol. The molecule has 0 saturated heterocycles. The van der Waals surface area contributed by atoms with Crippen LogP contribution in [0.15, 0.2) is 52.2 Å².